The molecule has 0 amide bonds. The molecule has 6 N–H and O–H groups in total. The van der Waals surface area contributed by atoms with E-state index < -0.39 is 0 Å². The molecule has 0 bridgehead atoms. The van der Waals surface area contributed by atoms with Crippen molar-refractivity contribution >= 4 is 28.2 Å². The molecule has 0 aliphatic carbocycles. The highest BCUT2D eigenvalue weighted by molar-refractivity contribution is 6.10. The van der Waals surface area contributed by atoms with Gasteiger partial charge in [0, 0.05) is 39.3 Å². The van der Waals surface area contributed by atoms with Crippen molar-refractivity contribution in [1.82, 2.24) is 4.98 Å². The number of H-pyrrole nitrogens is 1. The van der Waals surface area contributed by atoms with Gasteiger partial charge in [-0.3, -0.25) is 10.2 Å². The van der Waals surface area contributed by atoms with E-state index in [9.17, 15) is 4.79 Å². The highest BCUT2D eigenvalue weighted by Crippen LogP contribution is 2.27. The van der Waals surface area contributed by atoms with E-state index in [1.807, 2.05) is 56.3 Å². The molecule has 1 aromatic heterocycles. The number of carbonyl (C=O) groups excluding carboxylic acids is 1. The summed E-state index contributed by atoms with van der Waals surface area (Å²) in [6.45, 7) is 3.85. The molecule has 0 saturated heterocycles. The van der Waals surface area contributed by atoms with Crippen LogP contribution in [0.4, 0.5) is 5.69 Å². The number of hydrogen-bond donors (Lipinski definition) is 4. The summed E-state index contributed by atoms with van der Waals surface area (Å²) in [4.78, 5) is 16.3. The van der Waals surface area contributed by atoms with Crippen LogP contribution in [0.3, 0.4) is 0 Å². The molecule has 1 heterocycles. The molecule has 0 spiro atoms. The molecule has 1 unspecified atom stereocenters. The lowest BCUT2D eigenvalue weighted by molar-refractivity contribution is 0.0930. The number of nitrogens with two attached hydrogens (primary N) is 2. The first kappa shape index (κ1) is 16.8. The Kier molecular flexibility index (Phi) is 4.31. The lowest BCUT2D eigenvalue weighted by Gasteiger charge is -2.12. The number of nitrogens with one attached hydrogen (secondary N) is 2. The molecule has 128 valence electrons. The van der Waals surface area contributed by atoms with Gasteiger partial charge in [0.05, 0.1) is 0 Å². The van der Waals surface area contributed by atoms with Crippen LogP contribution < -0.4 is 11.5 Å². The number of aryl methyl sites for hydroxylation is 1. The minimum atomic E-state index is -0.165. The van der Waals surface area contributed by atoms with Crippen molar-refractivity contribution < 1.29 is 4.79 Å². The summed E-state index contributed by atoms with van der Waals surface area (Å²) in [5.74, 6) is -0.0185. The van der Waals surface area contributed by atoms with Crippen molar-refractivity contribution in [1.29, 1.82) is 5.41 Å². The zero-order valence-corrected chi connectivity index (χ0v) is 14.4. The summed E-state index contributed by atoms with van der Waals surface area (Å²) in [6, 6.07) is 13.0. The summed E-state index contributed by atoms with van der Waals surface area (Å²) in [7, 11) is 0. The maximum atomic E-state index is 13.0. The molecule has 5 nitrogen and oxygen atoms in total. The summed E-state index contributed by atoms with van der Waals surface area (Å²) >= 11 is 0. The number of ketones is 1. The molecular weight excluding hydrogens is 312 g/mol. The van der Waals surface area contributed by atoms with E-state index in [4.69, 9.17) is 16.9 Å². The number of Topliss-reactive ketones (excluding diaryl/α,β-unsaturated/α-hetero) is 1. The smallest absolute Gasteiger partial charge is 0.168 e. The second kappa shape index (κ2) is 6.43. The molecule has 0 saturated carbocycles. The van der Waals surface area contributed by atoms with Crippen LogP contribution in [0.5, 0.6) is 0 Å². The number of hydrogen-bond acceptors (Lipinski definition) is 3. The summed E-state index contributed by atoms with van der Waals surface area (Å²) < 4.78 is 0. The number of carbonyl (C=O) groups is 1. The van der Waals surface area contributed by atoms with Crippen LogP contribution in [0.15, 0.2) is 42.5 Å². The first-order chi connectivity index (χ1) is 11.9. The van der Waals surface area contributed by atoms with Crippen LogP contribution in [-0.4, -0.2) is 16.6 Å². The Morgan fingerprint density at radius 1 is 1.20 bits per heavy atom. The topological polar surface area (TPSA) is 109 Å². The van der Waals surface area contributed by atoms with Crippen molar-refractivity contribution in [2.24, 2.45) is 11.7 Å². The second-order valence-electron chi connectivity index (χ2n) is 6.51. The minimum Gasteiger partial charge on any atom is -0.399 e. The Morgan fingerprint density at radius 3 is 2.52 bits per heavy atom. The average Bonchev–Trinajstić information content (AvgIpc) is 2.89. The predicted octanol–water partition coefficient (Wildman–Crippen LogP) is 3.40. The van der Waals surface area contributed by atoms with Crippen molar-refractivity contribution in [3.05, 3.63) is 64.8 Å². The maximum Gasteiger partial charge on any atom is 0.168 e. The first-order valence-electron chi connectivity index (χ1n) is 8.22. The standard InChI is InChI=1S/C20H22N4O/c1-11(9-13-3-5-14(6-4-13)20(22)23)19(25)18-12(2)24-17-8-7-15(21)10-16(17)18/h3-8,10-11,24H,9,21H2,1-2H3,(H3,22,23). The Bertz CT molecular complexity index is 954. The van der Waals surface area contributed by atoms with E-state index in [2.05, 4.69) is 4.98 Å². The van der Waals surface area contributed by atoms with E-state index in [-0.39, 0.29) is 17.5 Å². The molecule has 1 atom stereocenters. The monoisotopic (exact) mass is 334 g/mol. The van der Waals surface area contributed by atoms with Gasteiger partial charge in [-0.15, -0.1) is 0 Å². The van der Waals surface area contributed by atoms with Gasteiger partial charge in [-0.25, -0.2) is 0 Å². The van der Waals surface area contributed by atoms with Gasteiger partial charge in [0.15, 0.2) is 5.78 Å². The SMILES string of the molecule is Cc1[nH]c2ccc(N)cc2c1C(=O)C(C)Cc1ccc(C(=N)N)cc1. The molecule has 3 aromatic rings. The third-order valence-corrected chi connectivity index (χ3v) is 4.51. The van der Waals surface area contributed by atoms with Gasteiger partial charge in [0.2, 0.25) is 0 Å². The lowest BCUT2D eigenvalue weighted by atomic mass is 9.91. The highest BCUT2D eigenvalue weighted by atomic mass is 16.1. The first-order valence-corrected chi connectivity index (χ1v) is 8.22. The molecule has 2 aromatic carbocycles. The Morgan fingerprint density at radius 2 is 1.88 bits per heavy atom. The number of aromatic amines is 1. The van der Waals surface area contributed by atoms with E-state index in [0.717, 1.165) is 27.7 Å². The van der Waals surface area contributed by atoms with Crippen molar-refractivity contribution in [3.8, 4) is 0 Å². The molecule has 0 radical (unpaired) electrons. The number of aromatic nitrogens is 1. The van der Waals surface area contributed by atoms with E-state index in [1.54, 1.807) is 0 Å². The zero-order valence-electron chi connectivity index (χ0n) is 14.4. The average molecular weight is 334 g/mol. The van der Waals surface area contributed by atoms with E-state index >= 15 is 0 Å². The van der Waals surface area contributed by atoms with Gasteiger partial charge in [0.25, 0.3) is 0 Å². The lowest BCUT2D eigenvalue weighted by Crippen LogP contribution is -2.15. The number of fused-ring (bicyclic) bond motifs is 1. The zero-order chi connectivity index (χ0) is 18.1. The van der Waals surface area contributed by atoms with Gasteiger partial charge in [0.1, 0.15) is 5.84 Å². The van der Waals surface area contributed by atoms with Crippen LogP contribution in [0.25, 0.3) is 10.9 Å². The quantitative estimate of drug-likeness (QED) is 0.248. The molecule has 0 fully saturated rings. The molecule has 0 aliphatic rings. The van der Waals surface area contributed by atoms with Crippen LogP contribution >= 0.6 is 0 Å². The number of anilines is 1. The normalized spacial score (nSPS) is 12.2. The fraction of sp³-hybridized carbons (Fsp3) is 0.200. The second-order valence-corrected chi connectivity index (χ2v) is 6.51. The fourth-order valence-electron chi connectivity index (χ4n) is 3.17. The number of amidine groups is 1. The van der Waals surface area contributed by atoms with Crippen molar-refractivity contribution in [2.75, 3.05) is 5.73 Å². The largest absolute Gasteiger partial charge is 0.399 e. The Labute approximate surface area is 146 Å². The molecule has 0 aliphatic heterocycles. The summed E-state index contributed by atoms with van der Waals surface area (Å²) in [6.07, 6.45) is 0.630. The number of benzene rings is 2. The van der Waals surface area contributed by atoms with Crippen LogP contribution in [0.2, 0.25) is 0 Å². The van der Waals surface area contributed by atoms with Gasteiger partial charge in [-0.05, 0) is 37.1 Å². The minimum absolute atomic E-state index is 0.0441. The van der Waals surface area contributed by atoms with Crippen LogP contribution in [0.1, 0.15) is 34.1 Å². The fourth-order valence-corrected chi connectivity index (χ4v) is 3.17. The van der Waals surface area contributed by atoms with Gasteiger partial charge in [-0.2, -0.15) is 0 Å². The number of nitrogen functional groups attached to an aromatic ring is 2. The Balaban J connectivity index is 1.86. The molecule has 3 rings (SSSR count). The van der Waals surface area contributed by atoms with Gasteiger partial charge in [-0.1, -0.05) is 31.2 Å². The number of rotatable bonds is 5. The Hall–Kier alpha value is -3.08. The van der Waals surface area contributed by atoms with Crippen molar-refractivity contribution in [2.45, 2.75) is 20.3 Å². The van der Waals surface area contributed by atoms with Crippen molar-refractivity contribution in [3.63, 3.8) is 0 Å². The molecular formula is C20H22N4O. The van der Waals surface area contributed by atoms with Gasteiger partial charge >= 0.3 is 0 Å². The third kappa shape index (κ3) is 3.26. The summed E-state index contributed by atoms with van der Waals surface area (Å²) in [5, 5.41) is 8.31. The van der Waals surface area contributed by atoms with Gasteiger partial charge < -0.3 is 16.5 Å². The molecule has 5 heteroatoms. The van der Waals surface area contributed by atoms with Crippen LogP contribution in [0, 0.1) is 18.3 Å². The van der Waals surface area contributed by atoms with Crippen LogP contribution in [-0.2, 0) is 6.42 Å². The summed E-state index contributed by atoms with van der Waals surface area (Å²) in [5.41, 5.74) is 16.2. The van der Waals surface area contributed by atoms with E-state index in [0.29, 0.717) is 17.7 Å². The highest BCUT2D eigenvalue weighted by Gasteiger charge is 2.22. The third-order valence-electron chi connectivity index (χ3n) is 4.51. The predicted molar refractivity (Wildman–Crippen MR) is 102 cm³/mol. The van der Waals surface area contributed by atoms with E-state index in [1.165, 1.54) is 0 Å². The maximum absolute atomic E-state index is 13.0. The molecule has 25 heavy (non-hydrogen) atoms.